The number of nitrogens with zero attached hydrogens (tertiary/aromatic N) is 5. The van der Waals surface area contributed by atoms with E-state index < -0.39 is 0 Å². The molecule has 4 rings (SSSR count). The van der Waals surface area contributed by atoms with Crippen LogP contribution >= 0.6 is 11.6 Å². The maximum atomic E-state index is 12.5. The molecule has 0 bridgehead atoms. The molecule has 1 N–H and O–H groups in total. The molecule has 8 heteroatoms. The number of hydrogen-bond donors (Lipinski definition) is 1. The van der Waals surface area contributed by atoms with Gasteiger partial charge in [0.15, 0.2) is 5.82 Å². The molecule has 0 aliphatic rings. The van der Waals surface area contributed by atoms with Crippen molar-refractivity contribution in [3.05, 3.63) is 82.3 Å². The van der Waals surface area contributed by atoms with E-state index in [1.165, 1.54) is 15.6 Å². The largest absolute Gasteiger partial charge is 0.350 e. The second kappa shape index (κ2) is 6.37. The number of aromatic nitrogens is 6. The van der Waals surface area contributed by atoms with Crippen molar-refractivity contribution >= 4 is 11.6 Å². The van der Waals surface area contributed by atoms with Crippen LogP contribution < -0.4 is 5.69 Å². The molecular formula is C17H13ClN6O. The molecule has 7 nitrogen and oxygen atoms in total. The van der Waals surface area contributed by atoms with Gasteiger partial charge < -0.3 is 0 Å². The van der Waals surface area contributed by atoms with E-state index in [1.807, 2.05) is 42.5 Å². The first kappa shape index (κ1) is 15.3. The SMILES string of the molecule is O=c1n(Cc2nc(-c3ccc(Cl)cc3)n[nH]2)cnn1-c1ccccc1. The molecule has 0 amide bonds. The first-order valence-electron chi connectivity index (χ1n) is 7.58. The number of hydrogen-bond acceptors (Lipinski definition) is 4. The standard InChI is InChI=1S/C17H13ClN6O/c18-13-8-6-12(7-9-13)16-20-15(21-22-16)10-23-11-19-24(17(23)25)14-4-2-1-3-5-14/h1-9,11H,10H2,(H,20,21,22). The molecule has 0 atom stereocenters. The molecule has 4 aromatic rings. The Morgan fingerprint density at radius 1 is 1.04 bits per heavy atom. The molecule has 2 aromatic carbocycles. The van der Waals surface area contributed by atoms with Crippen molar-refractivity contribution in [3.63, 3.8) is 0 Å². The number of H-pyrrole nitrogens is 1. The van der Waals surface area contributed by atoms with Crippen molar-refractivity contribution in [2.45, 2.75) is 6.54 Å². The molecule has 0 spiro atoms. The minimum atomic E-state index is -0.240. The number of nitrogens with one attached hydrogen (secondary N) is 1. The van der Waals surface area contributed by atoms with Gasteiger partial charge in [-0.2, -0.15) is 14.9 Å². The number of para-hydroxylation sites is 1. The zero-order valence-corrected chi connectivity index (χ0v) is 13.8. The Morgan fingerprint density at radius 3 is 2.56 bits per heavy atom. The van der Waals surface area contributed by atoms with E-state index in [-0.39, 0.29) is 12.2 Å². The molecule has 2 heterocycles. The highest BCUT2D eigenvalue weighted by Crippen LogP contribution is 2.17. The summed E-state index contributed by atoms with van der Waals surface area (Å²) in [5.41, 5.74) is 1.32. The van der Waals surface area contributed by atoms with Crippen LogP contribution in [-0.2, 0) is 6.54 Å². The summed E-state index contributed by atoms with van der Waals surface area (Å²) >= 11 is 5.89. The van der Waals surface area contributed by atoms with Crippen LogP contribution in [0.15, 0.2) is 65.7 Å². The van der Waals surface area contributed by atoms with Gasteiger partial charge in [-0.3, -0.25) is 9.67 Å². The first-order chi connectivity index (χ1) is 12.2. The molecule has 0 aliphatic heterocycles. The Hall–Kier alpha value is -3.19. The number of benzene rings is 2. The van der Waals surface area contributed by atoms with E-state index in [9.17, 15) is 4.79 Å². The second-order valence-electron chi connectivity index (χ2n) is 5.40. The summed E-state index contributed by atoms with van der Waals surface area (Å²) in [5.74, 6) is 1.12. The summed E-state index contributed by atoms with van der Waals surface area (Å²) in [5, 5.41) is 11.8. The summed E-state index contributed by atoms with van der Waals surface area (Å²) in [4.78, 5) is 16.9. The topological polar surface area (TPSA) is 81.4 Å². The van der Waals surface area contributed by atoms with Gasteiger partial charge in [0.1, 0.15) is 12.2 Å². The average molecular weight is 353 g/mol. The Morgan fingerprint density at radius 2 is 1.80 bits per heavy atom. The molecular weight excluding hydrogens is 340 g/mol. The van der Waals surface area contributed by atoms with Gasteiger partial charge in [-0.05, 0) is 36.4 Å². The van der Waals surface area contributed by atoms with Crippen LogP contribution in [0.25, 0.3) is 17.1 Å². The van der Waals surface area contributed by atoms with Gasteiger partial charge in [-0.25, -0.2) is 9.78 Å². The molecule has 0 saturated carbocycles. The van der Waals surface area contributed by atoms with Crippen LogP contribution in [0, 0.1) is 0 Å². The van der Waals surface area contributed by atoms with Gasteiger partial charge >= 0.3 is 5.69 Å². The summed E-state index contributed by atoms with van der Waals surface area (Å²) in [6, 6.07) is 16.5. The molecule has 0 unspecified atom stereocenters. The molecule has 25 heavy (non-hydrogen) atoms. The lowest BCUT2D eigenvalue weighted by Crippen LogP contribution is -2.24. The predicted molar refractivity (Wildman–Crippen MR) is 93.8 cm³/mol. The third-order valence-corrected chi connectivity index (χ3v) is 3.94. The third-order valence-electron chi connectivity index (χ3n) is 3.69. The van der Waals surface area contributed by atoms with Crippen LogP contribution in [-0.4, -0.2) is 29.5 Å². The van der Waals surface area contributed by atoms with Gasteiger partial charge in [0, 0.05) is 10.6 Å². The molecule has 0 aliphatic carbocycles. The normalized spacial score (nSPS) is 10.9. The van der Waals surface area contributed by atoms with Crippen LogP contribution in [0.5, 0.6) is 0 Å². The molecule has 0 fully saturated rings. The highest BCUT2D eigenvalue weighted by Gasteiger charge is 2.10. The van der Waals surface area contributed by atoms with E-state index in [0.29, 0.717) is 22.4 Å². The van der Waals surface area contributed by atoms with Crippen molar-refractivity contribution in [3.8, 4) is 17.1 Å². The molecule has 2 aromatic heterocycles. The van der Waals surface area contributed by atoms with Gasteiger partial charge in [0.05, 0.1) is 12.2 Å². The maximum Gasteiger partial charge on any atom is 0.350 e. The number of halogens is 1. The summed E-state index contributed by atoms with van der Waals surface area (Å²) in [6.07, 6.45) is 1.49. The fourth-order valence-corrected chi connectivity index (χ4v) is 2.57. The van der Waals surface area contributed by atoms with Gasteiger partial charge in [0.2, 0.25) is 0 Å². The quantitative estimate of drug-likeness (QED) is 0.612. The second-order valence-corrected chi connectivity index (χ2v) is 5.84. The number of aromatic amines is 1. The van der Waals surface area contributed by atoms with E-state index >= 15 is 0 Å². The van der Waals surface area contributed by atoms with E-state index in [2.05, 4.69) is 20.3 Å². The molecule has 0 radical (unpaired) electrons. The Balaban J connectivity index is 1.59. The van der Waals surface area contributed by atoms with Crippen molar-refractivity contribution < 1.29 is 0 Å². The zero-order chi connectivity index (χ0) is 17.2. The smallest absolute Gasteiger partial charge is 0.273 e. The lowest BCUT2D eigenvalue weighted by molar-refractivity contribution is 0.705. The van der Waals surface area contributed by atoms with Crippen molar-refractivity contribution in [2.75, 3.05) is 0 Å². The van der Waals surface area contributed by atoms with Crippen LogP contribution in [0.2, 0.25) is 5.02 Å². The average Bonchev–Trinajstić information content (AvgIpc) is 3.24. The van der Waals surface area contributed by atoms with Crippen LogP contribution in [0.3, 0.4) is 0 Å². The first-order valence-corrected chi connectivity index (χ1v) is 7.95. The Bertz CT molecular complexity index is 1050. The minimum absolute atomic E-state index is 0.240. The number of rotatable bonds is 4. The molecule has 124 valence electrons. The van der Waals surface area contributed by atoms with Gasteiger partial charge in [-0.15, -0.1) is 0 Å². The highest BCUT2D eigenvalue weighted by atomic mass is 35.5. The summed E-state index contributed by atoms with van der Waals surface area (Å²) in [7, 11) is 0. The Kier molecular flexibility index (Phi) is 3.91. The zero-order valence-electron chi connectivity index (χ0n) is 13.0. The van der Waals surface area contributed by atoms with Crippen molar-refractivity contribution in [1.29, 1.82) is 0 Å². The van der Waals surface area contributed by atoms with Crippen molar-refractivity contribution in [2.24, 2.45) is 0 Å². The highest BCUT2D eigenvalue weighted by molar-refractivity contribution is 6.30. The molecule has 0 saturated heterocycles. The fraction of sp³-hybridized carbons (Fsp3) is 0.0588. The third kappa shape index (κ3) is 3.09. The lowest BCUT2D eigenvalue weighted by Gasteiger charge is -1.98. The van der Waals surface area contributed by atoms with Crippen LogP contribution in [0.1, 0.15) is 5.82 Å². The van der Waals surface area contributed by atoms with Gasteiger partial charge in [-0.1, -0.05) is 29.8 Å². The fourth-order valence-electron chi connectivity index (χ4n) is 2.44. The summed E-state index contributed by atoms with van der Waals surface area (Å²) < 4.78 is 2.82. The predicted octanol–water partition coefficient (Wildman–Crippen LogP) is 2.52. The van der Waals surface area contributed by atoms with E-state index in [1.54, 1.807) is 12.1 Å². The van der Waals surface area contributed by atoms with Crippen LogP contribution in [0.4, 0.5) is 0 Å². The minimum Gasteiger partial charge on any atom is -0.273 e. The van der Waals surface area contributed by atoms with E-state index in [0.717, 1.165) is 5.56 Å². The Labute approximate surface area is 147 Å². The maximum absolute atomic E-state index is 12.5. The summed E-state index contributed by atoms with van der Waals surface area (Å²) in [6.45, 7) is 0.256. The van der Waals surface area contributed by atoms with Crippen molar-refractivity contribution in [1.82, 2.24) is 29.5 Å². The van der Waals surface area contributed by atoms with E-state index in [4.69, 9.17) is 11.6 Å². The lowest BCUT2D eigenvalue weighted by atomic mass is 10.2. The monoisotopic (exact) mass is 352 g/mol. The van der Waals surface area contributed by atoms with Gasteiger partial charge in [0.25, 0.3) is 0 Å².